The van der Waals surface area contributed by atoms with Crippen LogP contribution in [-0.4, -0.2) is 16.0 Å². The van der Waals surface area contributed by atoms with Gasteiger partial charge in [-0.3, -0.25) is 0 Å². The van der Waals surface area contributed by atoms with E-state index in [1.54, 1.807) is 0 Å². The molecular formula is C21H22N4. The molecule has 1 fully saturated rings. The van der Waals surface area contributed by atoms with E-state index in [-0.39, 0.29) is 0 Å². The highest BCUT2D eigenvalue weighted by atomic mass is 15.1. The molecule has 1 aliphatic carbocycles. The van der Waals surface area contributed by atoms with Gasteiger partial charge in [0.05, 0.1) is 0 Å². The fourth-order valence-electron chi connectivity index (χ4n) is 2.75. The number of benzene rings is 2. The van der Waals surface area contributed by atoms with Crippen LogP contribution in [0.2, 0.25) is 0 Å². The number of nitrogens with zero attached hydrogens (tertiary/aromatic N) is 2. The van der Waals surface area contributed by atoms with Gasteiger partial charge in [-0.2, -0.15) is 0 Å². The van der Waals surface area contributed by atoms with Crippen LogP contribution < -0.4 is 10.6 Å². The summed E-state index contributed by atoms with van der Waals surface area (Å²) < 4.78 is 0. The van der Waals surface area contributed by atoms with Gasteiger partial charge in [0, 0.05) is 23.4 Å². The molecule has 0 spiro atoms. The van der Waals surface area contributed by atoms with Crippen molar-refractivity contribution < 1.29 is 0 Å². The summed E-state index contributed by atoms with van der Waals surface area (Å²) in [6.45, 7) is 4.20. The molecule has 4 heteroatoms. The third-order valence-corrected chi connectivity index (χ3v) is 4.34. The Kier molecular flexibility index (Phi) is 4.10. The second-order valence-corrected chi connectivity index (χ2v) is 6.69. The molecule has 1 aliphatic rings. The fraction of sp³-hybridized carbons (Fsp3) is 0.238. The van der Waals surface area contributed by atoms with Gasteiger partial charge < -0.3 is 10.6 Å². The quantitative estimate of drug-likeness (QED) is 0.685. The predicted molar refractivity (Wildman–Crippen MR) is 103 cm³/mol. The standard InChI is InChI=1S/C21H22N4/c1-14-8-9-15(2)18(12-14)23-20-13-19(22-17-10-11-17)24-21(25-20)16-6-4-3-5-7-16/h3-9,12-13,17H,10-11H2,1-2H3,(H2,22,23,24,25). The lowest BCUT2D eigenvalue weighted by Crippen LogP contribution is -2.06. The molecule has 0 amide bonds. The molecule has 0 radical (unpaired) electrons. The monoisotopic (exact) mass is 330 g/mol. The van der Waals surface area contributed by atoms with Gasteiger partial charge in [-0.1, -0.05) is 42.5 Å². The van der Waals surface area contributed by atoms with E-state index in [2.05, 4.69) is 42.7 Å². The molecule has 0 aliphatic heterocycles. The number of hydrogen-bond donors (Lipinski definition) is 2. The minimum atomic E-state index is 0.548. The molecule has 2 aromatic carbocycles. The number of aromatic nitrogens is 2. The third-order valence-electron chi connectivity index (χ3n) is 4.34. The predicted octanol–water partition coefficient (Wildman–Crippen LogP) is 5.08. The Labute approximate surface area is 148 Å². The van der Waals surface area contributed by atoms with Gasteiger partial charge in [-0.05, 0) is 43.9 Å². The third kappa shape index (κ3) is 3.79. The Morgan fingerprint density at radius 1 is 0.880 bits per heavy atom. The Balaban J connectivity index is 1.71. The maximum Gasteiger partial charge on any atom is 0.163 e. The van der Waals surface area contributed by atoms with Crippen molar-refractivity contribution in [3.05, 3.63) is 65.7 Å². The van der Waals surface area contributed by atoms with Gasteiger partial charge >= 0.3 is 0 Å². The van der Waals surface area contributed by atoms with E-state index in [1.807, 2.05) is 36.4 Å². The number of rotatable bonds is 5. The van der Waals surface area contributed by atoms with Crippen LogP contribution in [0.25, 0.3) is 11.4 Å². The molecule has 0 atom stereocenters. The second kappa shape index (κ2) is 6.55. The van der Waals surface area contributed by atoms with E-state index in [9.17, 15) is 0 Å². The topological polar surface area (TPSA) is 49.8 Å². The zero-order chi connectivity index (χ0) is 17.2. The zero-order valence-corrected chi connectivity index (χ0v) is 14.6. The fourth-order valence-corrected chi connectivity index (χ4v) is 2.75. The van der Waals surface area contributed by atoms with Crippen molar-refractivity contribution in [1.29, 1.82) is 0 Å². The second-order valence-electron chi connectivity index (χ2n) is 6.69. The minimum Gasteiger partial charge on any atom is -0.367 e. The summed E-state index contributed by atoms with van der Waals surface area (Å²) in [4.78, 5) is 9.44. The van der Waals surface area contributed by atoms with Crippen LogP contribution in [0.3, 0.4) is 0 Å². The minimum absolute atomic E-state index is 0.548. The van der Waals surface area contributed by atoms with E-state index in [0.717, 1.165) is 28.7 Å². The lowest BCUT2D eigenvalue weighted by Gasteiger charge is -2.13. The van der Waals surface area contributed by atoms with Crippen LogP contribution >= 0.6 is 0 Å². The van der Waals surface area contributed by atoms with Crippen LogP contribution in [0.1, 0.15) is 24.0 Å². The molecule has 126 valence electrons. The smallest absolute Gasteiger partial charge is 0.163 e. The molecule has 0 bridgehead atoms. The van der Waals surface area contributed by atoms with Crippen LogP contribution in [0, 0.1) is 13.8 Å². The highest BCUT2D eigenvalue weighted by molar-refractivity contribution is 5.67. The van der Waals surface area contributed by atoms with Gasteiger partial charge in [-0.15, -0.1) is 0 Å². The van der Waals surface area contributed by atoms with Gasteiger partial charge in [-0.25, -0.2) is 9.97 Å². The van der Waals surface area contributed by atoms with Gasteiger partial charge in [0.15, 0.2) is 5.82 Å². The Hall–Kier alpha value is -2.88. The van der Waals surface area contributed by atoms with E-state index in [0.29, 0.717) is 6.04 Å². The van der Waals surface area contributed by atoms with Crippen molar-refractivity contribution in [2.45, 2.75) is 32.7 Å². The lowest BCUT2D eigenvalue weighted by molar-refractivity contribution is 1.09. The first kappa shape index (κ1) is 15.6. The molecule has 0 saturated heterocycles. The molecule has 1 aromatic heterocycles. The van der Waals surface area contributed by atoms with Gasteiger partial charge in [0.25, 0.3) is 0 Å². The summed E-state index contributed by atoms with van der Waals surface area (Å²) in [6, 6.07) is 19.0. The first-order valence-corrected chi connectivity index (χ1v) is 8.73. The lowest BCUT2D eigenvalue weighted by atomic mass is 10.1. The van der Waals surface area contributed by atoms with Crippen molar-refractivity contribution in [3.63, 3.8) is 0 Å². The molecule has 4 rings (SSSR count). The number of aryl methyl sites for hydroxylation is 2. The van der Waals surface area contributed by atoms with Crippen LogP contribution in [0.5, 0.6) is 0 Å². The van der Waals surface area contributed by atoms with Gasteiger partial charge in [0.2, 0.25) is 0 Å². The number of anilines is 3. The zero-order valence-electron chi connectivity index (χ0n) is 14.6. The van der Waals surface area contributed by atoms with Crippen molar-refractivity contribution in [2.75, 3.05) is 10.6 Å². The van der Waals surface area contributed by atoms with Crippen LogP contribution in [-0.2, 0) is 0 Å². The SMILES string of the molecule is Cc1ccc(C)c(Nc2cc(NC3CC3)nc(-c3ccccc3)n2)c1. The summed E-state index contributed by atoms with van der Waals surface area (Å²) >= 11 is 0. The molecule has 1 heterocycles. The Bertz CT molecular complexity index is 886. The molecule has 25 heavy (non-hydrogen) atoms. The van der Waals surface area contributed by atoms with Crippen LogP contribution in [0.15, 0.2) is 54.6 Å². The molecule has 3 aromatic rings. The number of hydrogen-bond acceptors (Lipinski definition) is 4. The first-order valence-electron chi connectivity index (χ1n) is 8.73. The summed E-state index contributed by atoms with van der Waals surface area (Å²) in [5, 5.41) is 6.95. The van der Waals surface area contributed by atoms with E-state index >= 15 is 0 Å². The summed E-state index contributed by atoms with van der Waals surface area (Å²) in [5.74, 6) is 2.42. The van der Waals surface area contributed by atoms with Crippen LogP contribution in [0.4, 0.5) is 17.3 Å². The first-order chi connectivity index (χ1) is 12.2. The summed E-state index contributed by atoms with van der Waals surface area (Å²) in [5.41, 5.74) is 4.52. The largest absolute Gasteiger partial charge is 0.367 e. The van der Waals surface area contributed by atoms with E-state index in [1.165, 1.54) is 24.0 Å². The highest BCUT2D eigenvalue weighted by Crippen LogP contribution is 2.28. The van der Waals surface area contributed by atoms with Crippen molar-refractivity contribution >= 4 is 17.3 Å². The molecule has 1 saturated carbocycles. The van der Waals surface area contributed by atoms with Crippen molar-refractivity contribution in [2.24, 2.45) is 0 Å². The van der Waals surface area contributed by atoms with E-state index in [4.69, 9.17) is 9.97 Å². The number of nitrogens with one attached hydrogen (secondary N) is 2. The average Bonchev–Trinajstić information content (AvgIpc) is 3.43. The molecular weight excluding hydrogens is 308 g/mol. The average molecular weight is 330 g/mol. The Morgan fingerprint density at radius 3 is 2.40 bits per heavy atom. The molecule has 4 nitrogen and oxygen atoms in total. The van der Waals surface area contributed by atoms with Gasteiger partial charge in [0.1, 0.15) is 11.6 Å². The molecule has 0 unspecified atom stereocenters. The van der Waals surface area contributed by atoms with Crippen molar-refractivity contribution in [3.8, 4) is 11.4 Å². The summed E-state index contributed by atoms with van der Waals surface area (Å²) in [7, 11) is 0. The highest BCUT2D eigenvalue weighted by Gasteiger charge is 2.22. The molecule has 2 N–H and O–H groups in total. The normalized spacial score (nSPS) is 13.5. The Morgan fingerprint density at radius 2 is 1.64 bits per heavy atom. The van der Waals surface area contributed by atoms with Crippen molar-refractivity contribution in [1.82, 2.24) is 9.97 Å². The maximum absolute atomic E-state index is 4.74. The summed E-state index contributed by atoms with van der Waals surface area (Å²) in [6.07, 6.45) is 2.43. The maximum atomic E-state index is 4.74. The van der Waals surface area contributed by atoms with E-state index < -0.39 is 0 Å².